The van der Waals surface area contributed by atoms with Crippen molar-refractivity contribution in [3.05, 3.63) is 30.5 Å². The van der Waals surface area contributed by atoms with E-state index in [2.05, 4.69) is 19.8 Å². The molecule has 0 unspecified atom stereocenters. The summed E-state index contributed by atoms with van der Waals surface area (Å²) in [4.78, 5) is 22.5. The monoisotopic (exact) mass is 487 g/mol. The van der Waals surface area contributed by atoms with E-state index in [9.17, 15) is 8.42 Å². The number of hydrogen-bond donors (Lipinski definition) is 1. The second-order valence-corrected chi connectivity index (χ2v) is 10.7. The summed E-state index contributed by atoms with van der Waals surface area (Å²) in [7, 11) is -3.20. The molecule has 0 aliphatic carbocycles. The van der Waals surface area contributed by atoms with Crippen LogP contribution in [0.15, 0.2) is 24.8 Å². The molecule has 5 rings (SSSR count). The van der Waals surface area contributed by atoms with Crippen molar-refractivity contribution in [1.82, 2.24) is 33.5 Å². The molecule has 0 aromatic carbocycles. The molecule has 3 aromatic heterocycles. The summed E-state index contributed by atoms with van der Waals surface area (Å²) in [6.07, 6.45) is 8.54. The number of nitrogens with zero attached hydrogens (tertiary/aromatic N) is 8. The Morgan fingerprint density at radius 2 is 1.82 bits per heavy atom. The van der Waals surface area contributed by atoms with E-state index in [4.69, 9.17) is 20.4 Å². The van der Waals surface area contributed by atoms with Crippen LogP contribution in [0.1, 0.15) is 12.6 Å². The third kappa shape index (κ3) is 4.69. The Labute approximate surface area is 198 Å². The standard InChI is InChI=1S/C21H29N9O3S/c1-15-11-27(3-4-30(15)34(2,31)32)12-17-13-29-14-18(16-9-23-21(22)24-10-16)26-20(19(29)25-17)28-5-7-33-8-6-28/h9-10,13-15H,3-8,11-12H2,1-2H3,(H2,22,23,24)/t15-/m1/s1. The zero-order valence-electron chi connectivity index (χ0n) is 19.3. The average Bonchev–Trinajstić information content (AvgIpc) is 3.21. The zero-order chi connectivity index (χ0) is 23.9. The van der Waals surface area contributed by atoms with Gasteiger partial charge in [0.1, 0.15) is 0 Å². The van der Waals surface area contributed by atoms with Crippen molar-refractivity contribution in [3.8, 4) is 11.3 Å². The molecule has 2 aliphatic rings. The molecule has 182 valence electrons. The Bertz CT molecular complexity index is 1270. The fourth-order valence-corrected chi connectivity index (χ4v) is 5.72. The Balaban J connectivity index is 1.46. The number of sulfonamides is 1. The number of hydrogen-bond acceptors (Lipinski definition) is 10. The number of fused-ring (bicyclic) bond motifs is 1. The number of aromatic nitrogens is 5. The molecule has 0 bridgehead atoms. The predicted octanol–water partition coefficient (Wildman–Crippen LogP) is 0.0708. The Morgan fingerprint density at radius 3 is 2.50 bits per heavy atom. The smallest absolute Gasteiger partial charge is 0.219 e. The van der Waals surface area contributed by atoms with Crippen molar-refractivity contribution in [2.75, 3.05) is 62.8 Å². The van der Waals surface area contributed by atoms with Crippen LogP contribution in [0.4, 0.5) is 11.8 Å². The molecular formula is C21H29N9O3S. The lowest BCUT2D eigenvalue weighted by Crippen LogP contribution is -2.53. The van der Waals surface area contributed by atoms with Gasteiger partial charge in [-0.1, -0.05) is 0 Å². The van der Waals surface area contributed by atoms with Crippen LogP contribution in [-0.2, 0) is 21.3 Å². The van der Waals surface area contributed by atoms with Gasteiger partial charge in [0.05, 0.1) is 30.9 Å². The molecule has 2 aliphatic heterocycles. The maximum Gasteiger partial charge on any atom is 0.219 e. The van der Waals surface area contributed by atoms with Crippen LogP contribution in [0, 0.1) is 0 Å². The van der Waals surface area contributed by atoms with Gasteiger partial charge in [-0.3, -0.25) is 4.90 Å². The first-order valence-corrected chi connectivity index (χ1v) is 13.1. The summed E-state index contributed by atoms with van der Waals surface area (Å²) in [6, 6.07) is -0.0801. The van der Waals surface area contributed by atoms with E-state index in [0.29, 0.717) is 39.4 Å². The molecule has 0 radical (unpaired) electrons. The average molecular weight is 488 g/mol. The Morgan fingerprint density at radius 1 is 1.09 bits per heavy atom. The summed E-state index contributed by atoms with van der Waals surface area (Å²) < 4.78 is 33.1. The van der Waals surface area contributed by atoms with Gasteiger partial charge >= 0.3 is 0 Å². The summed E-state index contributed by atoms with van der Waals surface area (Å²) in [5.74, 6) is 1.01. The van der Waals surface area contributed by atoms with Crippen LogP contribution in [0.5, 0.6) is 0 Å². The van der Waals surface area contributed by atoms with Crippen LogP contribution in [0.2, 0.25) is 0 Å². The zero-order valence-corrected chi connectivity index (χ0v) is 20.1. The van der Waals surface area contributed by atoms with Gasteiger partial charge in [-0.25, -0.2) is 28.4 Å². The number of piperazine rings is 1. The van der Waals surface area contributed by atoms with Crippen molar-refractivity contribution >= 4 is 27.4 Å². The number of nitrogen functional groups attached to an aromatic ring is 1. The first-order chi connectivity index (χ1) is 16.3. The maximum absolute atomic E-state index is 12.0. The molecule has 2 saturated heterocycles. The van der Waals surface area contributed by atoms with E-state index < -0.39 is 10.0 Å². The van der Waals surface area contributed by atoms with Crippen molar-refractivity contribution in [2.24, 2.45) is 0 Å². The van der Waals surface area contributed by atoms with E-state index in [-0.39, 0.29) is 12.0 Å². The van der Waals surface area contributed by atoms with Crippen LogP contribution >= 0.6 is 0 Å². The van der Waals surface area contributed by atoms with E-state index in [0.717, 1.165) is 41.5 Å². The molecule has 1 atom stereocenters. The first-order valence-electron chi connectivity index (χ1n) is 11.3. The van der Waals surface area contributed by atoms with Gasteiger partial charge in [0.2, 0.25) is 16.0 Å². The highest BCUT2D eigenvalue weighted by Gasteiger charge is 2.30. The van der Waals surface area contributed by atoms with E-state index in [1.807, 2.05) is 23.7 Å². The van der Waals surface area contributed by atoms with Crippen molar-refractivity contribution < 1.29 is 13.2 Å². The number of morpholine rings is 1. The van der Waals surface area contributed by atoms with E-state index >= 15 is 0 Å². The van der Waals surface area contributed by atoms with Gasteiger partial charge in [0.15, 0.2) is 11.5 Å². The minimum absolute atomic E-state index is 0.0801. The minimum atomic E-state index is -3.20. The molecule has 13 heteroatoms. The first kappa shape index (κ1) is 22.9. The lowest BCUT2D eigenvalue weighted by molar-refractivity contribution is 0.122. The van der Waals surface area contributed by atoms with Gasteiger partial charge in [0, 0.05) is 75.7 Å². The van der Waals surface area contributed by atoms with Crippen LogP contribution in [-0.4, -0.2) is 100 Å². The lowest BCUT2D eigenvalue weighted by Gasteiger charge is -2.37. The fraction of sp³-hybridized carbons (Fsp3) is 0.524. The van der Waals surface area contributed by atoms with Crippen molar-refractivity contribution in [3.63, 3.8) is 0 Å². The molecule has 0 saturated carbocycles. The van der Waals surface area contributed by atoms with Crippen LogP contribution in [0.3, 0.4) is 0 Å². The second-order valence-electron chi connectivity index (χ2n) is 8.80. The summed E-state index contributed by atoms with van der Waals surface area (Å²) >= 11 is 0. The minimum Gasteiger partial charge on any atom is -0.378 e. The number of nitrogens with two attached hydrogens (primary N) is 1. The van der Waals surface area contributed by atoms with Gasteiger partial charge in [-0.2, -0.15) is 4.31 Å². The highest BCUT2D eigenvalue weighted by Crippen LogP contribution is 2.26. The normalized spacial score (nSPS) is 20.8. The van der Waals surface area contributed by atoms with E-state index in [1.165, 1.54) is 6.26 Å². The highest BCUT2D eigenvalue weighted by atomic mass is 32.2. The molecule has 2 N–H and O–H groups in total. The molecular weight excluding hydrogens is 458 g/mol. The molecule has 12 nitrogen and oxygen atoms in total. The molecule has 0 amide bonds. The topological polar surface area (TPSA) is 135 Å². The molecule has 2 fully saturated rings. The Kier molecular flexibility index (Phi) is 6.10. The largest absolute Gasteiger partial charge is 0.378 e. The quantitative estimate of drug-likeness (QED) is 0.527. The maximum atomic E-state index is 12.0. The van der Waals surface area contributed by atoms with Gasteiger partial charge < -0.3 is 19.8 Å². The highest BCUT2D eigenvalue weighted by molar-refractivity contribution is 7.88. The Hall–Kier alpha value is -2.87. The van der Waals surface area contributed by atoms with Crippen molar-refractivity contribution in [2.45, 2.75) is 19.5 Å². The summed E-state index contributed by atoms with van der Waals surface area (Å²) in [5, 5.41) is 0. The molecule has 34 heavy (non-hydrogen) atoms. The number of imidazole rings is 1. The molecule has 0 spiro atoms. The summed E-state index contributed by atoms with van der Waals surface area (Å²) in [5.41, 5.74) is 8.84. The van der Waals surface area contributed by atoms with Crippen molar-refractivity contribution in [1.29, 1.82) is 0 Å². The third-order valence-electron chi connectivity index (χ3n) is 6.21. The van der Waals surface area contributed by atoms with Crippen LogP contribution in [0.25, 0.3) is 16.9 Å². The predicted molar refractivity (Wildman–Crippen MR) is 128 cm³/mol. The van der Waals surface area contributed by atoms with Gasteiger partial charge in [0.25, 0.3) is 0 Å². The fourth-order valence-electron chi connectivity index (χ4n) is 4.59. The van der Waals surface area contributed by atoms with Gasteiger partial charge in [-0.15, -0.1) is 0 Å². The van der Waals surface area contributed by atoms with Crippen LogP contribution < -0.4 is 10.6 Å². The lowest BCUT2D eigenvalue weighted by atomic mass is 10.2. The number of anilines is 2. The number of rotatable bonds is 5. The molecule has 3 aromatic rings. The molecule has 5 heterocycles. The second kappa shape index (κ2) is 9.06. The SMILES string of the molecule is C[C@@H]1CN(Cc2cn3cc(-c4cnc(N)nc4)nc(N4CCOCC4)c3n2)CCN1S(C)(=O)=O. The third-order valence-corrected chi connectivity index (χ3v) is 7.60. The number of ether oxygens (including phenoxy) is 1. The summed E-state index contributed by atoms with van der Waals surface area (Å²) in [6.45, 7) is 7.12. The van der Waals surface area contributed by atoms with Gasteiger partial charge in [-0.05, 0) is 6.92 Å². The van der Waals surface area contributed by atoms with E-state index in [1.54, 1.807) is 16.7 Å².